The molecule has 2 aromatic rings. The van der Waals surface area contributed by atoms with Crippen LogP contribution in [0.5, 0.6) is 0 Å². The Morgan fingerprint density at radius 3 is 2.72 bits per heavy atom. The summed E-state index contributed by atoms with van der Waals surface area (Å²) in [5.74, 6) is -0.363. The highest BCUT2D eigenvalue weighted by molar-refractivity contribution is 9.10. The molecule has 1 atom stereocenters. The average molecular weight is 313 g/mol. The van der Waals surface area contributed by atoms with Crippen LogP contribution in [0, 0.1) is 5.82 Å². The van der Waals surface area contributed by atoms with Gasteiger partial charge < -0.3 is 5.11 Å². The first-order valence-corrected chi connectivity index (χ1v) is 6.46. The van der Waals surface area contributed by atoms with E-state index in [1.165, 1.54) is 12.1 Å². The number of rotatable bonds is 3. The van der Waals surface area contributed by atoms with Gasteiger partial charge in [-0.3, -0.25) is 4.68 Å². The molecule has 5 heteroatoms. The summed E-state index contributed by atoms with van der Waals surface area (Å²) in [5, 5.41) is 14.6. The maximum Gasteiger partial charge on any atom is 0.123 e. The Kier molecular flexibility index (Phi) is 3.82. The van der Waals surface area contributed by atoms with Crippen LogP contribution < -0.4 is 0 Å². The third-order valence-electron chi connectivity index (χ3n) is 2.70. The maximum atomic E-state index is 13.2. The van der Waals surface area contributed by atoms with E-state index in [9.17, 15) is 9.50 Å². The molecular formula is C13H14BrFN2O. The fourth-order valence-electron chi connectivity index (χ4n) is 1.85. The third kappa shape index (κ3) is 2.47. The van der Waals surface area contributed by atoms with Gasteiger partial charge in [-0.15, -0.1) is 0 Å². The number of hydrogen-bond donors (Lipinski definition) is 1. The van der Waals surface area contributed by atoms with Crippen molar-refractivity contribution in [3.63, 3.8) is 0 Å². The van der Waals surface area contributed by atoms with Gasteiger partial charge in [0.2, 0.25) is 0 Å². The predicted molar refractivity (Wildman–Crippen MR) is 70.8 cm³/mol. The number of benzene rings is 1. The fourth-order valence-corrected chi connectivity index (χ4v) is 2.34. The van der Waals surface area contributed by atoms with Crippen LogP contribution in [-0.4, -0.2) is 14.9 Å². The molecule has 1 unspecified atom stereocenters. The molecule has 18 heavy (non-hydrogen) atoms. The minimum atomic E-state index is -0.903. The van der Waals surface area contributed by atoms with Crippen molar-refractivity contribution < 1.29 is 9.50 Å². The van der Waals surface area contributed by atoms with Gasteiger partial charge in [0.1, 0.15) is 11.9 Å². The average Bonchev–Trinajstić information content (AvgIpc) is 2.70. The van der Waals surface area contributed by atoms with E-state index in [4.69, 9.17) is 0 Å². The zero-order valence-corrected chi connectivity index (χ0v) is 11.7. The lowest BCUT2D eigenvalue weighted by Gasteiger charge is -2.17. The van der Waals surface area contributed by atoms with Crippen LogP contribution in [0.3, 0.4) is 0 Å². The third-order valence-corrected chi connectivity index (χ3v) is 3.31. The molecular weight excluding hydrogens is 299 g/mol. The molecule has 0 radical (unpaired) electrons. The van der Waals surface area contributed by atoms with E-state index in [1.54, 1.807) is 23.0 Å². The number of aliphatic hydroxyl groups is 1. The molecule has 0 bridgehead atoms. The Hall–Kier alpha value is -1.20. The maximum absolute atomic E-state index is 13.2. The summed E-state index contributed by atoms with van der Waals surface area (Å²) in [6.45, 7) is 3.95. The van der Waals surface area contributed by atoms with Crippen LogP contribution in [0.4, 0.5) is 4.39 Å². The Morgan fingerprint density at radius 2 is 2.11 bits per heavy atom. The first-order chi connectivity index (χ1) is 8.50. The predicted octanol–water partition coefficient (Wildman–Crippen LogP) is 3.45. The molecule has 0 amide bonds. The molecule has 1 aromatic carbocycles. The first-order valence-electron chi connectivity index (χ1n) is 5.67. The molecule has 1 N–H and O–H groups in total. The molecule has 2 rings (SSSR count). The second kappa shape index (κ2) is 5.20. The van der Waals surface area contributed by atoms with Gasteiger partial charge in [-0.25, -0.2) is 4.39 Å². The summed E-state index contributed by atoms with van der Waals surface area (Å²) in [4.78, 5) is 0. The molecule has 96 valence electrons. The van der Waals surface area contributed by atoms with Crippen LogP contribution in [0.25, 0.3) is 0 Å². The smallest absolute Gasteiger partial charge is 0.123 e. The Labute approximate surface area is 113 Å². The molecule has 0 spiro atoms. The monoisotopic (exact) mass is 312 g/mol. The highest BCUT2D eigenvalue weighted by atomic mass is 79.9. The SMILES string of the molecule is CC(C)n1ncc(Br)c1C(O)c1cccc(F)c1. The molecule has 0 saturated heterocycles. The summed E-state index contributed by atoms with van der Waals surface area (Å²) in [6.07, 6.45) is 0.734. The van der Waals surface area contributed by atoms with Crippen LogP contribution >= 0.6 is 15.9 Å². The highest BCUT2D eigenvalue weighted by Gasteiger charge is 2.21. The standard InChI is InChI=1S/C13H14BrFN2O/c1-8(2)17-12(11(14)7-16-17)13(18)9-4-3-5-10(15)6-9/h3-8,13,18H,1-2H3. The first kappa shape index (κ1) is 13.2. The van der Waals surface area contributed by atoms with Gasteiger partial charge >= 0.3 is 0 Å². The van der Waals surface area contributed by atoms with Crippen molar-refractivity contribution in [1.29, 1.82) is 0 Å². The van der Waals surface area contributed by atoms with Crippen molar-refractivity contribution in [2.75, 3.05) is 0 Å². The molecule has 0 aliphatic carbocycles. The number of hydrogen-bond acceptors (Lipinski definition) is 2. The number of aliphatic hydroxyl groups excluding tert-OH is 1. The largest absolute Gasteiger partial charge is 0.382 e. The topological polar surface area (TPSA) is 38.0 Å². The highest BCUT2D eigenvalue weighted by Crippen LogP contribution is 2.30. The Balaban J connectivity index is 2.45. The second-order valence-corrected chi connectivity index (χ2v) is 5.23. The summed E-state index contributed by atoms with van der Waals surface area (Å²) in [7, 11) is 0. The minimum Gasteiger partial charge on any atom is -0.382 e. The lowest BCUT2D eigenvalue weighted by atomic mass is 10.1. The van der Waals surface area contributed by atoms with Gasteiger partial charge in [0.25, 0.3) is 0 Å². The normalized spacial score (nSPS) is 13.0. The van der Waals surface area contributed by atoms with E-state index < -0.39 is 6.10 Å². The van der Waals surface area contributed by atoms with Crippen molar-refractivity contribution in [2.45, 2.75) is 26.0 Å². The zero-order chi connectivity index (χ0) is 13.3. The summed E-state index contributed by atoms with van der Waals surface area (Å²) >= 11 is 3.36. The quantitative estimate of drug-likeness (QED) is 0.942. The second-order valence-electron chi connectivity index (χ2n) is 4.37. The lowest BCUT2D eigenvalue weighted by molar-refractivity contribution is 0.203. The van der Waals surface area contributed by atoms with E-state index in [0.29, 0.717) is 15.7 Å². The lowest BCUT2D eigenvalue weighted by Crippen LogP contribution is -2.12. The van der Waals surface area contributed by atoms with Crippen LogP contribution in [0.2, 0.25) is 0 Å². The van der Waals surface area contributed by atoms with Crippen molar-refractivity contribution in [2.24, 2.45) is 0 Å². The van der Waals surface area contributed by atoms with Crippen molar-refractivity contribution in [3.05, 3.63) is 52.0 Å². The van der Waals surface area contributed by atoms with Crippen LogP contribution in [0.1, 0.15) is 37.3 Å². The Morgan fingerprint density at radius 1 is 1.39 bits per heavy atom. The molecule has 3 nitrogen and oxygen atoms in total. The molecule has 1 aromatic heterocycles. The van der Waals surface area contributed by atoms with E-state index in [-0.39, 0.29) is 11.9 Å². The van der Waals surface area contributed by atoms with Gasteiger partial charge in [0, 0.05) is 6.04 Å². The zero-order valence-electron chi connectivity index (χ0n) is 10.1. The van der Waals surface area contributed by atoms with E-state index in [0.717, 1.165) is 0 Å². The van der Waals surface area contributed by atoms with Crippen molar-refractivity contribution in [1.82, 2.24) is 9.78 Å². The van der Waals surface area contributed by atoms with Gasteiger partial charge in [-0.1, -0.05) is 12.1 Å². The number of nitrogens with zero attached hydrogens (tertiary/aromatic N) is 2. The molecule has 1 heterocycles. The molecule has 0 aliphatic heterocycles. The number of halogens is 2. The summed E-state index contributed by atoms with van der Waals surface area (Å²) in [6, 6.07) is 6.07. The Bertz CT molecular complexity index is 554. The molecule has 0 saturated carbocycles. The van der Waals surface area contributed by atoms with Crippen LogP contribution in [-0.2, 0) is 0 Å². The fraction of sp³-hybridized carbons (Fsp3) is 0.308. The van der Waals surface area contributed by atoms with Gasteiger partial charge in [0.15, 0.2) is 0 Å². The summed E-state index contributed by atoms with van der Waals surface area (Å²) in [5.41, 5.74) is 1.15. The molecule has 0 fully saturated rings. The van der Waals surface area contributed by atoms with E-state index in [1.807, 2.05) is 13.8 Å². The van der Waals surface area contributed by atoms with Crippen molar-refractivity contribution >= 4 is 15.9 Å². The van der Waals surface area contributed by atoms with E-state index >= 15 is 0 Å². The van der Waals surface area contributed by atoms with Gasteiger partial charge in [-0.2, -0.15) is 5.10 Å². The van der Waals surface area contributed by atoms with E-state index in [2.05, 4.69) is 21.0 Å². The van der Waals surface area contributed by atoms with Gasteiger partial charge in [0.05, 0.1) is 16.4 Å². The summed E-state index contributed by atoms with van der Waals surface area (Å²) < 4.78 is 15.6. The van der Waals surface area contributed by atoms with Crippen LogP contribution in [0.15, 0.2) is 34.9 Å². The minimum absolute atomic E-state index is 0.120. The van der Waals surface area contributed by atoms with Crippen molar-refractivity contribution in [3.8, 4) is 0 Å². The molecule has 0 aliphatic rings. The number of aromatic nitrogens is 2. The van der Waals surface area contributed by atoms with Gasteiger partial charge in [-0.05, 0) is 47.5 Å².